The minimum Gasteiger partial charge on any atom is -0.390 e. The van der Waals surface area contributed by atoms with Crippen LogP contribution in [-0.2, 0) is 9.59 Å². The molecule has 124 valence electrons. The zero-order valence-electron chi connectivity index (χ0n) is 14.4. The molecule has 0 aliphatic heterocycles. The third kappa shape index (κ3) is 3.87. The number of aliphatic hydroxyl groups is 1. The highest BCUT2D eigenvalue weighted by molar-refractivity contribution is 5.83. The first-order valence-corrected chi connectivity index (χ1v) is 8.68. The Hall–Kier alpha value is -0.960. The zero-order chi connectivity index (χ0) is 16.5. The Labute approximate surface area is 134 Å². The second-order valence-corrected chi connectivity index (χ2v) is 7.98. The molecule has 0 radical (unpaired) electrons. The van der Waals surface area contributed by atoms with Crippen LogP contribution in [0.3, 0.4) is 0 Å². The van der Waals surface area contributed by atoms with Gasteiger partial charge in [0.1, 0.15) is 11.6 Å². The smallest absolute Gasteiger partial charge is 0.136 e. The van der Waals surface area contributed by atoms with Crippen LogP contribution in [0.5, 0.6) is 0 Å². The Balaban J connectivity index is 2.12. The van der Waals surface area contributed by atoms with E-state index in [-0.39, 0.29) is 23.5 Å². The maximum absolute atomic E-state index is 12.3. The lowest BCUT2D eigenvalue weighted by molar-refractivity contribution is -0.124. The van der Waals surface area contributed by atoms with Crippen molar-refractivity contribution in [2.24, 2.45) is 23.7 Å². The van der Waals surface area contributed by atoms with E-state index in [0.29, 0.717) is 37.4 Å². The van der Waals surface area contributed by atoms with Crippen LogP contribution in [0.1, 0.15) is 66.2 Å². The lowest BCUT2D eigenvalue weighted by atomic mass is 9.83. The minimum absolute atomic E-state index is 0.0222. The first-order chi connectivity index (χ1) is 10.2. The molecule has 0 bridgehead atoms. The van der Waals surface area contributed by atoms with Crippen molar-refractivity contribution >= 4 is 11.6 Å². The molecule has 0 saturated heterocycles. The van der Waals surface area contributed by atoms with Crippen LogP contribution in [0, 0.1) is 23.7 Å². The van der Waals surface area contributed by atoms with Crippen LogP contribution in [0.2, 0.25) is 0 Å². The minimum atomic E-state index is -0.780. The van der Waals surface area contributed by atoms with Gasteiger partial charge < -0.3 is 5.11 Å². The highest BCUT2D eigenvalue weighted by atomic mass is 16.3. The van der Waals surface area contributed by atoms with E-state index in [2.05, 4.69) is 26.8 Å². The predicted octanol–water partition coefficient (Wildman–Crippen LogP) is 3.69. The average molecular weight is 306 g/mol. The van der Waals surface area contributed by atoms with Crippen molar-refractivity contribution in [3.05, 3.63) is 11.6 Å². The first kappa shape index (κ1) is 17.4. The van der Waals surface area contributed by atoms with Crippen molar-refractivity contribution in [2.75, 3.05) is 0 Å². The van der Waals surface area contributed by atoms with Crippen molar-refractivity contribution in [3.8, 4) is 0 Å². The lowest BCUT2D eigenvalue weighted by Crippen LogP contribution is -2.32. The molecule has 0 spiro atoms. The van der Waals surface area contributed by atoms with Crippen LogP contribution in [-0.4, -0.2) is 22.3 Å². The summed E-state index contributed by atoms with van der Waals surface area (Å²) in [5, 5.41) is 10.6. The van der Waals surface area contributed by atoms with Gasteiger partial charge in [-0.2, -0.15) is 0 Å². The molecule has 22 heavy (non-hydrogen) atoms. The second-order valence-electron chi connectivity index (χ2n) is 7.98. The molecule has 0 aromatic carbocycles. The van der Waals surface area contributed by atoms with Crippen LogP contribution in [0.15, 0.2) is 11.6 Å². The number of ketones is 2. The van der Waals surface area contributed by atoms with E-state index in [0.717, 1.165) is 12.8 Å². The van der Waals surface area contributed by atoms with Gasteiger partial charge in [-0.3, -0.25) is 9.59 Å². The fourth-order valence-electron chi connectivity index (χ4n) is 4.07. The number of Topliss-reactive ketones (excluding diaryl/α,β-unsaturated/α-hetero) is 2. The number of carbonyl (C=O) groups excluding carboxylic acids is 2. The third-order valence-electron chi connectivity index (χ3n) is 5.38. The van der Waals surface area contributed by atoms with Crippen molar-refractivity contribution in [3.63, 3.8) is 0 Å². The van der Waals surface area contributed by atoms with Crippen molar-refractivity contribution in [2.45, 2.75) is 71.8 Å². The van der Waals surface area contributed by atoms with Crippen LogP contribution in [0.25, 0.3) is 0 Å². The van der Waals surface area contributed by atoms with Crippen LogP contribution < -0.4 is 0 Å². The molecule has 3 heteroatoms. The summed E-state index contributed by atoms with van der Waals surface area (Å²) in [7, 11) is 0. The molecule has 0 aromatic heterocycles. The summed E-state index contributed by atoms with van der Waals surface area (Å²) in [5.74, 6) is 1.06. The molecule has 1 saturated carbocycles. The molecule has 0 aromatic rings. The van der Waals surface area contributed by atoms with Crippen molar-refractivity contribution in [1.82, 2.24) is 0 Å². The maximum Gasteiger partial charge on any atom is 0.136 e. The normalized spacial score (nSPS) is 33.4. The SMILES string of the molecule is CC(C)CC(=O)C[C@H](C)C1=C[C@H]2[C@@H](CC[C@]2(C)O)C(=O)CC1. The van der Waals surface area contributed by atoms with Gasteiger partial charge >= 0.3 is 0 Å². The van der Waals surface area contributed by atoms with Gasteiger partial charge in [0, 0.05) is 31.1 Å². The fourth-order valence-corrected chi connectivity index (χ4v) is 4.07. The highest BCUT2D eigenvalue weighted by Gasteiger charge is 2.46. The summed E-state index contributed by atoms with van der Waals surface area (Å²) >= 11 is 0. The van der Waals surface area contributed by atoms with Gasteiger partial charge in [0.15, 0.2) is 0 Å². The maximum atomic E-state index is 12.3. The second kappa shape index (κ2) is 6.66. The summed E-state index contributed by atoms with van der Waals surface area (Å²) in [5.41, 5.74) is 0.414. The van der Waals surface area contributed by atoms with Gasteiger partial charge in [-0.15, -0.1) is 0 Å². The molecular formula is C19H30O3. The summed E-state index contributed by atoms with van der Waals surface area (Å²) in [6.45, 7) is 8.05. The molecule has 0 unspecified atom stereocenters. The summed E-state index contributed by atoms with van der Waals surface area (Å²) in [4.78, 5) is 24.4. The van der Waals surface area contributed by atoms with Gasteiger partial charge in [0.25, 0.3) is 0 Å². The zero-order valence-corrected chi connectivity index (χ0v) is 14.4. The Morgan fingerprint density at radius 1 is 1.32 bits per heavy atom. The number of rotatable bonds is 5. The van der Waals surface area contributed by atoms with E-state index in [9.17, 15) is 14.7 Å². The van der Waals surface area contributed by atoms with Crippen molar-refractivity contribution in [1.29, 1.82) is 0 Å². The van der Waals surface area contributed by atoms with Crippen LogP contribution in [0.4, 0.5) is 0 Å². The lowest BCUT2D eigenvalue weighted by Gasteiger charge is -2.26. The number of fused-ring (bicyclic) bond motifs is 1. The van der Waals surface area contributed by atoms with Gasteiger partial charge in [0.05, 0.1) is 5.60 Å². The summed E-state index contributed by atoms with van der Waals surface area (Å²) in [6, 6.07) is 0. The molecule has 0 amide bonds. The van der Waals surface area contributed by atoms with Crippen LogP contribution >= 0.6 is 0 Å². The van der Waals surface area contributed by atoms with Gasteiger partial charge in [-0.1, -0.05) is 32.4 Å². The van der Waals surface area contributed by atoms with E-state index in [4.69, 9.17) is 0 Å². The number of allylic oxidation sites excluding steroid dienone is 1. The number of hydrogen-bond donors (Lipinski definition) is 1. The molecule has 4 atom stereocenters. The van der Waals surface area contributed by atoms with E-state index in [1.165, 1.54) is 5.57 Å². The van der Waals surface area contributed by atoms with E-state index < -0.39 is 5.60 Å². The number of hydrogen-bond acceptors (Lipinski definition) is 3. The molecule has 2 aliphatic carbocycles. The third-order valence-corrected chi connectivity index (χ3v) is 5.38. The largest absolute Gasteiger partial charge is 0.390 e. The first-order valence-electron chi connectivity index (χ1n) is 8.68. The number of carbonyl (C=O) groups is 2. The Kier molecular flexibility index (Phi) is 5.26. The Morgan fingerprint density at radius 3 is 2.64 bits per heavy atom. The van der Waals surface area contributed by atoms with Crippen molar-refractivity contribution < 1.29 is 14.7 Å². The summed E-state index contributed by atoms with van der Waals surface area (Å²) < 4.78 is 0. The molecular weight excluding hydrogens is 276 g/mol. The van der Waals surface area contributed by atoms with Gasteiger partial charge in [0.2, 0.25) is 0 Å². The Morgan fingerprint density at radius 2 is 2.00 bits per heavy atom. The van der Waals surface area contributed by atoms with Gasteiger partial charge in [-0.25, -0.2) is 0 Å². The van der Waals surface area contributed by atoms with E-state index >= 15 is 0 Å². The average Bonchev–Trinajstić information content (AvgIpc) is 2.57. The molecule has 0 heterocycles. The topological polar surface area (TPSA) is 54.4 Å². The summed E-state index contributed by atoms with van der Waals surface area (Å²) in [6.07, 6.45) is 6.11. The monoisotopic (exact) mass is 306 g/mol. The Bertz CT molecular complexity index is 473. The molecule has 1 N–H and O–H groups in total. The quantitative estimate of drug-likeness (QED) is 0.788. The molecule has 3 nitrogen and oxygen atoms in total. The molecule has 1 fully saturated rings. The molecule has 2 rings (SSSR count). The predicted molar refractivity (Wildman–Crippen MR) is 87.4 cm³/mol. The van der Waals surface area contributed by atoms with E-state index in [1.807, 2.05) is 6.92 Å². The van der Waals surface area contributed by atoms with Gasteiger partial charge in [-0.05, 0) is 38.0 Å². The standard InChI is InChI=1S/C19H30O3/c1-12(2)9-15(20)10-13(3)14-5-6-18(21)16-7-8-19(4,22)17(16)11-14/h11-13,16-17,22H,5-10H2,1-4H3/t13-,16+,17-,19-/m0/s1. The highest BCUT2D eigenvalue weighted by Crippen LogP contribution is 2.45. The molecule has 2 aliphatic rings. The fraction of sp³-hybridized carbons (Fsp3) is 0.789. The van der Waals surface area contributed by atoms with E-state index in [1.54, 1.807) is 0 Å².